The molecule has 0 radical (unpaired) electrons. The van der Waals surface area contributed by atoms with Gasteiger partial charge in [-0.25, -0.2) is 28.1 Å². The van der Waals surface area contributed by atoms with E-state index in [1.165, 1.54) is 19.1 Å². The lowest BCUT2D eigenvalue weighted by Crippen LogP contribution is -2.45. The SMILES string of the molecule is C[C@H](NP(=O)(OC[C@H]1S[C@@H](n2ccc(N(C(=O)OC(C)(C)C)C(=O)OC(C)(C)C)nc2=O)[C@@H](F)[C@@H]1OC(=O)OC(C)(C)C)Oc1ccc(Br)cc1)C(=O)OCc1ccccc1. The van der Waals surface area contributed by atoms with Gasteiger partial charge in [0, 0.05) is 10.7 Å². The van der Waals surface area contributed by atoms with Crippen molar-refractivity contribution in [3.8, 4) is 5.75 Å². The molecule has 17 nitrogen and oxygen atoms in total. The molecule has 1 N–H and O–H groups in total. The maximum absolute atomic E-state index is 16.7. The van der Waals surface area contributed by atoms with Gasteiger partial charge in [-0.3, -0.25) is 13.9 Å². The molecule has 21 heteroatoms. The summed E-state index contributed by atoms with van der Waals surface area (Å²) in [5.41, 5.74) is -3.54. The number of carbonyl (C=O) groups is 4. The van der Waals surface area contributed by atoms with Crippen LogP contribution in [0.4, 0.5) is 24.6 Å². The highest BCUT2D eigenvalue weighted by atomic mass is 79.9. The number of amides is 2. The van der Waals surface area contributed by atoms with Gasteiger partial charge in [0.15, 0.2) is 18.1 Å². The molecule has 6 atom stereocenters. The lowest BCUT2D eigenvalue weighted by Gasteiger charge is -2.28. The molecule has 1 saturated heterocycles. The number of nitrogens with zero attached hydrogens (tertiary/aromatic N) is 3. The summed E-state index contributed by atoms with van der Waals surface area (Å²) in [7, 11) is -4.54. The van der Waals surface area contributed by atoms with E-state index in [4.69, 9.17) is 32.7 Å². The number of hydrogen-bond acceptors (Lipinski definition) is 15. The van der Waals surface area contributed by atoms with E-state index in [1.54, 1.807) is 98.7 Å². The minimum absolute atomic E-state index is 0.0681. The average Bonchev–Trinajstić information content (AvgIpc) is 3.42. The fraction of sp³-hybridized carbons (Fsp3) is 0.500. The largest absolute Gasteiger partial charge is 0.509 e. The summed E-state index contributed by atoms with van der Waals surface area (Å²) in [6.07, 6.45) is -6.33. The molecule has 1 aliphatic rings. The van der Waals surface area contributed by atoms with Crippen molar-refractivity contribution in [2.75, 3.05) is 11.5 Å². The van der Waals surface area contributed by atoms with Gasteiger partial charge in [0.1, 0.15) is 40.6 Å². The van der Waals surface area contributed by atoms with Crippen LogP contribution in [0, 0.1) is 0 Å². The van der Waals surface area contributed by atoms with Crippen LogP contribution < -0.4 is 20.2 Å². The molecular weight excluding hydrogens is 906 g/mol. The number of ether oxygens (including phenoxy) is 5. The smallest absolute Gasteiger partial charge is 0.460 e. The molecule has 0 saturated carbocycles. The Kier molecular flexibility index (Phi) is 16.2. The second-order valence-corrected chi connectivity index (χ2v) is 20.6. The first kappa shape index (κ1) is 49.2. The first-order valence-corrected chi connectivity index (χ1v) is 22.2. The molecule has 334 valence electrons. The average molecular weight is 958 g/mol. The maximum Gasteiger partial charge on any atom is 0.509 e. The minimum atomic E-state index is -4.54. The number of hydrogen-bond donors (Lipinski definition) is 1. The van der Waals surface area contributed by atoms with Crippen molar-refractivity contribution in [3.05, 3.63) is 87.4 Å². The van der Waals surface area contributed by atoms with Crippen LogP contribution in [0.3, 0.4) is 0 Å². The van der Waals surface area contributed by atoms with Crippen LogP contribution in [0.1, 0.15) is 80.2 Å². The van der Waals surface area contributed by atoms with Gasteiger partial charge in [0.25, 0.3) is 0 Å². The van der Waals surface area contributed by atoms with Crippen molar-refractivity contribution < 1.29 is 60.9 Å². The van der Waals surface area contributed by atoms with Gasteiger partial charge in [-0.1, -0.05) is 46.3 Å². The Labute approximate surface area is 366 Å². The third kappa shape index (κ3) is 15.1. The molecule has 1 aliphatic heterocycles. The van der Waals surface area contributed by atoms with Crippen LogP contribution in [0.2, 0.25) is 0 Å². The van der Waals surface area contributed by atoms with E-state index in [9.17, 15) is 28.5 Å². The second kappa shape index (κ2) is 20.1. The van der Waals surface area contributed by atoms with E-state index in [0.29, 0.717) is 14.9 Å². The fourth-order valence-electron chi connectivity index (χ4n) is 5.22. The number of nitrogens with one attached hydrogen (secondary N) is 1. The van der Waals surface area contributed by atoms with Crippen LogP contribution in [-0.2, 0) is 44.2 Å². The van der Waals surface area contributed by atoms with Gasteiger partial charge in [0.05, 0.1) is 11.9 Å². The number of benzene rings is 2. The number of esters is 1. The molecule has 1 aromatic heterocycles. The number of carbonyl (C=O) groups excluding carboxylic acids is 4. The summed E-state index contributed by atoms with van der Waals surface area (Å²) >= 11 is 4.09. The topological polar surface area (TPSA) is 200 Å². The quantitative estimate of drug-likeness (QED) is 0.0966. The lowest BCUT2D eigenvalue weighted by molar-refractivity contribution is -0.146. The molecule has 1 fully saturated rings. The maximum atomic E-state index is 16.7. The summed E-state index contributed by atoms with van der Waals surface area (Å²) in [4.78, 5) is 70.4. The van der Waals surface area contributed by atoms with E-state index >= 15 is 4.39 Å². The predicted octanol–water partition coefficient (Wildman–Crippen LogP) is 8.88. The van der Waals surface area contributed by atoms with Crippen molar-refractivity contribution in [1.29, 1.82) is 0 Å². The van der Waals surface area contributed by atoms with Gasteiger partial charge < -0.3 is 28.2 Å². The fourth-order valence-corrected chi connectivity index (χ4v) is 8.56. The second-order valence-electron chi connectivity index (χ2n) is 16.6. The first-order valence-electron chi connectivity index (χ1n) is 18.9. The van der Waals surface area contributed by atoms with Crippen LogP contribution >= 0.6 is 35.4 Å². The third-order valence-corrected chi connectivity index (χ3v) is 11.4. The number of rotatable bonds is 13. The Morgan fingerprint density at radius 2 is 1.48 bits per heavy atom. The van der Waals surface area contributed by atoms with Crippen molar-refractivity contribution in [1.82, 2.24) is 14.6 Å². The molecule has 2 heterocycles. The minimum Gasteiger partial charge on any atom is -0.460 e. The highest BCUT2D eigenvalue weighted by molar-refractivity contribution is 9.10. The highest BCUT2D eigenvalue weighted by Gasteiger charge is 2.50. The van der Waals surface area contributed by atoms with Crippen LogP contribution in [0.5, 0.6) is 5.75 Å². The van der Waals surface area contributed by atoms with Gasteiger partial charge in [-0.2, -0.15) is 15.0 Å². The molecule has 61 heavy (non-hydrogen) atoms. The number of aromatic nitrogens is 2. The van der Waals surface area contributed by atoms with Gasteiger partial charge in [-0.05, 0) is 105 Å². The third-order valence-electron chi connectivity index (χ3n) is 7.74. The molecule has 3 aromatic rings. The van der Waals surface area contributed by atoms with Crippen LogP contribution in [0.15, 0.2) is 76.1 Å². The van der Waals surface area contributed by atoms with Gasteiger partial charge in [-0.15, -0.1) is 11.8 Å². The Hall–Kier alpha value is -4.49. The molecule has 1 unspecified atom stereocenters. The monoisotopic (exact) mass is 956 g/mol. The van der Waals surface area contributed by atoms with E-state index < -0.39 is 95.9 Å². The zero-order valence-corrected chi connectivity index (χ0v) is 38.7. The number of thioether (sulfide) groups is 1. The molecule has 4 rings (SSSR count). The lowest BCUT2D eigenvalue weighted by atomic mass is 10.1. The number of halogens is 2. The molecule has 0 aliphatic carbocycles. The Balaban J connectivity index is 1.65. The first-order chi connectivity index (χ1) is 28.2. The van der Waals surface area contributed by atoms with Gasteiger partial charge >= 0.3 is 37.7 Å². The molecular formula is C40H51BrFN4O13PS. The normalized spacial score (nSPS) is 19.5. The summed E-state index contributed by atoms with van der Waals surface area (Å²) in [6, 6.07) is 15.0. The van der Waals surface area contributed by atoms with Crippen LogP contribution in [0.25, 0.3) is 0 Å². The summed E-state index contributed by atoms with van der Waals surface area (Å²) in [5, 5.41) is -0.0782. The standard InChI is InChI=1S/C40H51BrFN4O13PS/c1-24(33(47)53-22-25-14-12-11-13-15-25)44-60(52,59-27-18-16-26(41)17-19-27)54-23-28-31(55-37(51)58-40(8,9)10)30(42)32(61-28)45-21-20-29(43-34(45)48)46(35(49)56-38(2,3)4)36(50)57-39(5,6)7/h11-21,24,28,30-32H,22-23H2,1-10H3,(H,44,52)/t24-,28+,30-,31+,32+,60?/m0/s1. The van der Waals surface area contributed by atoms with Crippen molar-refractivity contribution in [2.45, 2.75) is 122 Å². The predicted molar refractivity (Wildman–Crippen MR) is 227 cm³/mol. The molecule has 2 aromatic carbocycles. The summed E-state index contributed by atoms with van der Waals surface area (Å²) in [5.74, 6) is -1.18. The summed E-state index contributed by atoms with van der Waals surface area (Å²) in [6.45, 7) is 14.8. The Morgan fingerprint density at radius 3 is 2.02 bits per heavy atom. The van der Waals surface area contributed by atoms with E-state index in [0.717, 1.165) is 28.6 Å². The number of anilines is 1. The van der Waals surface area contributed by atoms with Crippen molar-refractivity contribution in [2.24, 2.45) is 0 Å². The molecule has 0 bridgehead atoms. The van der Waals surface area contributed by atoms with E-state index in [1.807, 2.05) is 6.07 Å². The van der Waals surface area contributed by atoms with E-state index in [2.05, 4.69) is 26.0 Å². The summed E-state index contributed by atoms with van der Waals surface area (Å²) < 4.78 is 71.2. The zero-order chi connectivity index (χ0) is 45.5. The molecule has 2 amide bonds. The molecule has 0 spiro atoms. The Morgan fingerprint density at radius 1 is 0.902 bits per heavy atom. The van der Waals surface area contributed by atoms with Gasteiger partial charge in [0.2, 0.25) is 0 Å². The number of imide groups is 1. The highest BCUT2D eigenvalue weighted by Crippen LogP contribution is 2.50. The van der Waals surface area contributed by atoms with Crippen molar-refractivity contribution >= 4 is 65.6 Å². The van der Waals surface area contributed by atoms with E-state index in [-0.39, 0.29) is 12.4 Å². The zero-order valence-electron chi connectivity index (χ0n) is 35.4. The number of alkyl halides is 1. The van der Waals surface area contributed by atoms with Crippen molar-refractivity contribution in [3.63, 3.8) is 0 Å². The Bertz CT molecular complexity index is 2100. The van der Waals surface area contributed by atoms with Crippen LogP contribution in [-0.4, -0.2) is 80.8 Å².